The van der Waals surface area contributed by atoms with Gasteiger partial charge in [-0.3, -0.25) is 24.6 Å². The Morgan fingerprint density at radius 3 is 2.28 bits per heavy atom. The number of aromatic nitrogens is 2. The number of nitrogens with zero attached hydrogens (tertiary/aromatic N) is 4. The predicted molar refractivity (Wildman–Crippen MR) is 103 cm³/mol. The third kappa shape index (κ3) is 6.12. The number of nitrogens with one attached hydrogen (secondary N) is 1. The van der Waals surface area contributed by atoms with Gasteiger partial charge >= 0.3 is 35.2 Å². The Morgan fingerprint density at radius 1 is 1.16 bits per heavy atom. The molecule has 0 unspecified atom stereocenters. The molecule has 13 nitrogen and oxygen atoms in total. The van der Waals surface area contributed by atoms with Crippen molar-refractivity contribution in [2.75, 3.05) is 0 Å². The molecule has 0 fully saturated rings. The average molecular weight is 512 g/mol. The fourth-order valence-corrected chi connectivity index (χ4v) is 2.98. The fraction of sp³-hybridized carbons (Fsp3) is 0.0625. The van der Waals surface area contributed by atoms with Crippen LogP contribution in [0.2, 0.25) is 0 Å². The van der Waals surface area contributed by atoms with Gasteiger partial charge < -0.3 is 10.6 Å². The van der Waals surface area contributed by atoms with Gasteiger partial charge in [-0.15, -0.1) is 10.2 Å². The van der Waals surface area contributed by atoms with Gasteiger partial charge in [-0.2, -0.15) is 8.42 Å². The van der Waals surface area contributed by atoms with Crippen LogP contribution in [0.3, 0.4) is 0 Å². The Kier molecular flexibility index (Phi) is 10.7. The molecule has 0 aliphatic carbocycles. The Balaban J connectivity index is 0.00000320. The van der Waals surface area contributed by atoms with Crippen LogP contribution >= 0.6 is 0 Å². The van der Waals surface area contributed by atoms with Crippen LogP contribution in [-0.2, 0) is 27.5 Å². The molecule has 5 N–H and O–H groups in total. The van der Waals surface area contributed by atoms with Gasteiger partial charge in [0.05, 0.1) is 16.3 Å². The molecular formula is C16H15CrN5NaO8S+. The topological polar surface area (TPSA) is 212 Å². The van der Waals surface area contributed by atoms with Crippen molar-refractivity contribution in [3.05, 3.63) is 68.6 Å². The second-order valence-electron chi connectivity index (χ2n) is 5.80. The number of aromatic amines is 1. The summed E-state index contributed by atoms with van der Waals surface area (Å²) in [6, 6.07) is 9.72. The van der Waals surface area contributed by atoms with Gasteiger partial charge in [0.1, 0.15) is 10.6 Å². The molecule has 0 atom stereocenters. The maximum atomic E-state index is 12.6. The van der Waals surface area contributed by atoms with Gasteiger partial charge in [0.2, 0.25) is 5.75 Å². The van der Waals surface area contributed by atoms with Crippen LogP contribution in [0.5, 0.6) is 5.75 Å². The minimum atomic E-state index is -4.82. The molecule has 2 aromatic carbocycles. The van der Waals surface area contributed by atoms with Gasteiger partial charge in [-0.25, -0.2) is 4.68 Å². The van der Waals surface area contributed by atoms with Crippen molar-refractivity contribution in [3.63, 3.8) is 0 Å². The Hall–Kier alpha value is -2.35. The van der Waals surface area contributed by atoms with E-state index in [4.69, 9.17) is 4.55 Å². The number of benzene rings is 2. The minimum Gasteiger partial charge on any atom is -0.501 e. The van der Waals surface area contributed by atoms with E-state index in [1.807, 2.05) is 0 Å². The standard InChI is InChI=1S/C16H13N5O7S.Cr.Na.H2O/c1-9-14(16(23)20(19-9)10-5-3-2-4-6-10)18-17-12-7-11(29(26,27)28)8-13(15(12)22)21(24)25;;;/h2-8,19,22H,1H3,(H,26,27,28);;;1H2/q;;+1;. The molecule has 32 heavy (non-hydrogen) atoms. The summed E-state index contributed by atoms with van der Waals surface area (Å²) in [5.74, 6) is -0.970. The number of azo groups is 1. The molecule has 164 valence electrons. The Bertz CT molecular complexity index is 1310. The second-order valence-corrected chi connectivity index (χ2v) is 7.23. The van der Waals surface area contributed by atoms with Crippen molar-refractivity contribution >= 4 is 27.2 Å². The van der Waals surface area contributed by atoms with Crippen molar-refractivity contribution in [2.24, 2.45) is 10.2 Å². The number of aromatic hydroxyl groups is 1. The Morgan fingerprint density at radius 2 is 1.75 bits per heavy atom. The fourth-order valence-electron chi connectivity index (χ4n) is 2.46. The molecule has 0 bridgehead atoms. The van der Waals surface area contributed by atoms with Crippen molar-refractivity contribution in [2.45, 2.75) is 11.8 Å². The minimum absolute atomic E-state index is 0. The normalized spacial score (nSPS) is 10.7. The first-order chi connectivity index (χ1) is 13.6. The van der Waals surface area contributed by atoms with Crippen molar-refractivity contribution in [3.8, 4) is 11.4 Å². The number of phenolic OH excluding ortho intramolecular Hbond substituents is 1. The second kappa shape index (κ2) is 11.5. The van der Waals surface area contributed by atoms with Crippen LogP contribution in [0.15, 0.2) is 62.4 Å². The monoisotopic (exact) mass is 512 g/mol. The zero-order valence-electron chi connectivity index (χ0n) is 16.6. The number of rotatable bonds is 5. The van der Waals surface area contributed by atoms with Gasteiger partial charge in [0.15, 0.2) is 5.69 Å². The first-order valence-electron chi connectivity index (χ1n) is 7.87. The summed E-state index contributed by atoms with van der Waals surface area (Å²) in [7, 11) is -4.82. The SMILES string of the molecule is Cc1[nH]n(-c2ccccc2)c(=O)c1N=Nc1cc(S(=O)(=O)O)cc([N+](=O)[O-])c1O.O.[Cr].[Na+]. The quantitative estimate of drug-likeness (QED) is 0.126. The predicted octanol–water partition coefficient (Wildman–Crippen LogP) is -1.07. The molecule has 0 spiro atoms. The molecule has 1 aromatic heterocycles. The van der Waals surface area contributed by atoms with Crippen molar-refractivity contribution in [1.82, 2.24) is 9.78 Å². The number of hydrogen-bond acceptors (Lipinski definition) is 8. The average Bonchev–Trinajstić information content (AvgIpc) is 2.94. The van der Waals surface area contributed by atoms with E-state index in [-0.39, 0.29) is 58.1 Å². The van der Waals surface area contributed by atoms with E-state index in [0.717, 1.165) is 0 Å². The van der Waals surface area contributed by atoms with Crippen LogP contribution in [-0.4, -0.2) is 38.3 Å². The number of nitro groups is 1. The van der Waals surface area contributed by atoms with E-state index in [2.05, 4.69) is 15.3 Å². The van der Waals surface area contributed by atoms with Gasteiger partial charge in [-0.05, 0) is 25.1 Å². The summed E-state index contributed by atoms with van der Waals surface area (Å²) in [5.41, 5.74) is -1.53. The molecule has 0 saturated carbocycles. The van der Waals surface area contributed by atoms with E-state index < -0.39 is 42.6 Å². The Labute approximate surface area is 213 Å². The van der Waals surface area contributed by atoms with E-state index >= 15 is 0 Å². The van der Waals surface area contributed by atoms with E-state index in [1.165, 1.54) is 11.6 Å². The number of H-pyrrole nitrogens is 1. The molecule has 0 amide bonds. The first kappa shape index (κ1) is 29.7. The molecule has 0 radical (unpaired) electrons. The molecular weight excluding hydrogens is 497 g/mol. The maximum Gasteiger partial charge on any atom is 1.00 e. The molecule has 0 saturated heterocycles. The molecule has 0 aliphatic rings. The van der Waals surface area contributed by atoms with E-state index in [9.17, 15) is 28.4 Å². The zero-order chi connectivity index (χ0) is 21.3. The molecule has 16 heteroatoms. The summed E-state index contributed by atoms with van der Waals surface area (Å²) < 4.78 is 33.0. The van der Waals surface area contributed by atoms with Crippen LogP contribution in [0.4, 0.5) is 17.1 Å². The number of aryl methyl sites for hydroxylation is 1. The summed E-state index contributed by atoms with van der Waals surface area (Å²) >= 11 is 0. The molecule has 3 rings (SSSR count). The zero-order valence-corrected chi connectivity index (χ0v) is 20.7. The summed E-state index contributed by atoms with van der Waals surface area (Å²) in [5, 5.41) is 31.1. The van der Waals surface area contributed by atoms with Crippen LogP contribution in [0, 0.1) is 17.0 Å². The van der Waals surface area contributed by atoms with Crippen LogP contribution in [0.25, 0.3) is 5.69 Å². The summed E-state index contributed by atoms with van der Waals surface area (Å²) in [6.07, 6.45) is 0. The number of hydrogen-bond donors (Lipinski definition) is 3. The van der Waals surface area contributed by atoms with Gasteiger partial charge in [0.25, 0.3) is 15.7 Å². The number of para-hydroxylation sites is 1. The van der Waals surface area contributed by atoms with E-state index in [1.54, 1.807) is 30.3 Å². The summed E-state index contributed by atoms with van der Waals surface area (Å²) in [4.78, 5) is 21.7. The largest absolute Gasteiger partial charge is 1.00 e. The smallest absolute Gasteiger partial charge is 0.501 e. The number of phenols is 1. The van der Waals surface area contributed by atoms with Gasteiger partial charge in [-0.1, -0.05) is 18.2 Å². The van der Waals surface area contributed by atoms with Crippen molar-refractivity contribution < 1.29 is 75.4 Å². The van der Waals surface area contributed by atoms with Crippen LogP contribution < -0.4 is 35.1 Å². The summed E-state index contributed by atoms with van der Waals surface area (Å²) in [6.45, 7) is 1.53. The molecule has 0 aliphatic heterocycles. The third-order valence-corrected chi connectivity index (χ3v) is 4.68. The molecule has 1 heterocycles. The molecule has 3 aromatic rings. The van der Waals surface area contributed by atoms with E-state index in [0.29, 0.717) is 23.5 Å². The van der Waals surface area contributed by atoms with Crippen molar-refractivity contribution in [1.29, 1.82) is 0 Å². The first-order valence-corrected chi connectivity index (χ1v) is 9.31. The number of nitro benzene ring substituents is 1. The third-order valence-electron chi connectivity index (χ3n) is 3.85. The maximum absolute atomic E-state index is 12.6. The van der Waals surface area contributed by atoms with Gasteiger partial charge in [0, 0.05) is 23.4 Å². The van der Waals surface area contributed by atoms with Crippen LogP contribution in [0.1, 0.15) is 5.69 Å².